The van der Waals surface area contributed by atoms with Crippen LogP contribution in [0.15, 0.2) is 34.2 Å². The van der Waals surface area contributed by atoms with Gasteiger partial charge in [0.2, 0.25) is 0 Å². The molecule has 0 radical (unpaired) electrons. The van der Waals surface area contributed by atoms with Gasteiger partial charge in [0.1, 0.15) is 5.82 Å². The molecule has 0 aliphatic carbocycles. The van der Waals surface area contributed by atoms with Crippen molar-refractivity contribution in [2.45, 2.75) is 4.90 Å². The molecule has 0 saturated carbocycles. The fraction of sp³-hybridized carbons (Fsp3) is 0.294. The Labute approximate surface area is 169 Å². The fourth-order valence-electron chi connectivity index (χ4n) is 3.17. The number of hydrogen-bond acceptors (Lipinski definition) is 8. The van der Waals surface area contributed by atoms with Gasteiger partial charge in [0.15, 0.2) is 16.6 Å². The molecule has 1 fully saturated rings. The molecule has 2 N–H and O–H groups in total. The molecule has 146 valence electrons. The summed E-state index contributed by atoms with van der Waals surface area (Å²) in [4.78, 5) is 30.2. The minimum absolute atomic E-state index is 0.223. The van der Waals surface area contributed by atoms with Gasteiger partial charge in [-0.05, 0) is 31.1 Å². The number of pyridine rings is 2. The maximum Gasteiger partial charge on any atom is 0.355 e. The van der Waals surface area contributed by atoms with Crippen LogP contribution >= 0.6 is 23.5 Å². The van der Waals surface area contributed by atoms with Gasteiger partial charge in [0, 0.05) is 37.3 Å². The SMILES string of the molecule is CN1CCN(c2nc(=O)n(-c3cncc(SN)c3)c3nc(Cl)c(F)cc23)CC1. The fourth-order valence-corrected chi connectivity index (χ4v) is 3.62. The normalized spacial score (nSPS) is 15.4. The molecule has 1 saturated heterocycles. The number of hydrogen-bond donors (Lipinski definition) is 1. The highest BCUT2D eigenvalue weighted by Gasteiger charge is 2.22. The lowest BCUT2D eigenvalue weighted by Crippen LogP contribution is -2.45. The molecule has 0 bridgehead atoms. The Balaban J connectivity index is 1.97. The molecule has 0 spiro atoms. The van der Waals surface area contributed by atoms with Gasteiger partial charge in [-0.1, -0.05) is 11.6 Å². The van der Waals surface area contributed by atoms with E-state index in [1.807, 2.05) is 11.9 Å². The number of anilines is 1. The zero-order chi connectivity index (χ0) is 19.8. The average molecular weight is 422 g/mol. The van der Waals surface area contributed by atoms with E-state index in [9.17, 15) is 9.18 Å². The van der Waals surface area contributed by atoms with Gasteiger partial charge < -0.3 is 9.80 Å². The van der Waals surface area contributed by atoms with Crippen LogP contribution in [0.2, 0.25) is 5.15 Å². The van der Waals surface area contributed by atoms with Crippen LogP contribution in [0.4, 0.5) is 10.2 Å². The Morgan fingerprint density at radius 2 is 1.93 bits per heavy atom. The van der Waals surface area contributed by atoms with Crippen molar-refractivity contribution in [2.75, 3.05) is 38.1 Å². The standard InChI is InChI=1S/C17H17ClFN7OS/c1-24-2-4-25(5-3-24)15-12-7-13(19)14(18)22-16(12)26(17(27)23-15)10-6-11(28-20)9-21-8-10/h6-9H,2-5,20H2,1H3. The molecule has 4 heterocycles. The summed E-state index contributed by atoms with van der Waals surface area (Å²) in [5, 5.41) is 5.70. The predicted octanol–water partition coefficient (Wildman–Crippen LogP) is 1.69. The summed E-state index contributed by atoms with van der Waals surface area (Å²) in [7, 11) is 2.03. The summed E-state index contributed by atoms with van der Waals surface area (Å²) in [6.07, 6.45) is 3.07. The Hall–Kier alpha value is -2.27. The van der Waals surface area contributed by atoms with Gasteiger partial charge in [-0.25, -0.2) is 18.7 Å². The molecular weight excluding hydrogens is 405 g/mol. The average Bonchev–Trinajstić information content (AvgIpc) is 2.69. The lowest BCUT2D eigenvalue weighted by Gasteiger charge is -2.33. The van der Waals surface area contributed by atoms with Gasteiger partial charge in [0.25, 0.3) is 0 Å². The van der Waals surface area contributed by atoms with Crippen LogP contribution in [0.3, 0.4) is 0 Å². The molecule has 11 heteroatoms. The molecule has 3 aromatic heterocycles. The topological polar surface area (TPSA) is 93.2 Å². The van der Waals surface area contributed by atoms with E-state index in [-0.39, 0.29) is 10.8 Å². The Morgan fingerprint density at radius 1 is 1.18 bits per heavy atom. The highest BCUT2D eigenvalue weighted by Crippen LogP contribution is 2.28. The van der Waals surface area contributed by atoms with Crippen molar-refractivity contribution in [3.05, 3.63) is 46.0 Å². The van der Waals surface area contributed by atoms with E-state index >= 15 is 0 Å². The first-order valence-corrected chi connectivity index (χ1v) is 9.78. The third-order valence-corrected chi connectivity index (χ3v) is 5.41. The van der Waals surface area contributed by atoms with Gasteiger partial charge in [-0.2, -0.15) is 4.98 Å². The lowest BCUT2D eigenvalue weighted by atomic mass is 10.2. The summed E-state index contributed by atoms with van der Waals surface area (Å²) in [5.74, 6) is -0.259. The summed E-state index contributed by atoms with van der Waals surface area (Å²) < 4.78 is 15.5. The second-order valence-electron chi connectivity index (χ2n) is 6.47. The molecule has 8 nitrogen and oxygen atoms in total. The van der Waals surface area contributed by atoms with E-state index in [0.717, 1.165) is 25.0 Å². The van der Waals surface area contributed by atoms with Crippen LogP contribution in [0.1, 0.15) is 0 Å². The maximum absolute atomic E-state index is 14.2. The number of aromatic nitrogens is 4. The van der Waals surface area contributed by atoms with Crippen LogP contribution in [0, 0.1) is 5.82 Å². The predicted molar refractivity (Wildman–Crippen MR) is 108 cm³/mol. The first-order chi connectivity index (χ1) is 13.5. The number of likely N-dealkylation sites (N-methyl/N-ethyl adjacent to an activating group) is 1. The van der Waals surface area contributed by atoms with E-state index < -0.39 is 11.5 Å². The van der Waals surface area contributed by atoms with Crippen molar-refractivity contribution in [2.24, 2.45) is 5.14 Å². The number of fused-ring (bicyclic) bond motifs is 1. The van der Waals surface area contributed by atoms with Crippen molar-refractivity contribution in [3.8, 4) is 5.69 Å². The summed E-state index contributed by atoms with van der Waals surface area (Å²) >= 11 is 6.94. The van der Waals surface area contributed by atoms with Crippen molar-refractivity contribution >= 4 is 40.4 Å². The van der Waals surface area contributed by atoms with E-state index in [4.69, 9.17) is 16.7 Å². The molecule has 0 atom stereocenters. The minimum Gasteiger partial charge on any atom is -0.353 e. The first-order valence-electron chi connectivity index (χ1n) is 8.52. The molecule has 3 aromatic rings. The molecule has 28 heavy (non-hydrogen) atoms. The molecule has 1 aliphatic rings. The third-order valence-electron chi connectivity index (χ3n) is 4.65. The van der Waals surface area contributed by atoms with Crippen molar-refractivity contribution in [1.29, 1.82) is 0 Å². The molecule has 0 amide bonds. The Kier molecular flexibility index (Phi) is 5.19. The Morgan fingerprint density at radius 3 is 2.64 bits per heavy atom. The number of piperazine rings is 1. The van der Waals surface area contributed by atoms with Crippen LogP contribution in [-0.2, 0) is 0 Å². The van der Waals surface area contributed by atoms with Crippen molar-refractivity contribution < 1.29 is 4.39 Å². The second kappa shape index (κ2) is 7.63. The van der Waals surface area contributed by atoms with Crippen LogP contribution in [0.5, 0.6) is 0 Å². The van der Waals surface area contributed by atoms with E-state index in [0.29, 0.717) is 34.9 Å². The number of halogens is 2. The van der Waals surface area contributed by atoms with Crippen LogP contribution in [-0.4, -0.2) is 57.6 Å². The monoisotopic (exact) mass is 421 g/mol. The lowest BCUT2D eigenvalue weighted by molar-refractivity contribution is 0.312. The summed E-state index contributed by atoms with van der Waals surface area (Å²) in [5.41, 5.74) is 0.108. The van der Waals surface area contributed by atoms with Gasteiger partial charge in [0.05, 0.1) is 17.3 Å². The zero-order valence-corrected chi connectivity index (χ0v) is 16.5. The second-order valence-corrected chi connectivity index (χ2v) is 7.54. The Bertz CT molecular complexity index is 1100. The summed E-state index contributed by atoms with van der Waals surface area (Å²) in [6, 6.07) is 2.96. The zero-order valence-electron chi connectivity index (χ0n) is 15.0. The van der Waals surface area contributed by atoms with Gasteiger partial charge in [-0.15, -0.1) is 0 Å². The summed E-state index contributed by atoms with van der Waals surface area (Å²) in [6.45, 7) is 2.98. The van der Waals surface area contributed by atoms with Crippen molar-refractivity contribution in [3.63, 3.8) is 0 Å². The molecule has 1 aliphatic heterocycles. The number of nitrogens with zero attached hydrogens (tertiary/aromatic N) is 6. The molecule has 4 rings (SSSR count). The minimum atomic E-state index is -0.666. The third kappa shape index (κ3) is 3.44. The van der Waals surface area contributed by atoms with Crippen molar-refractivity contribution in [1.82, 2.24) is 24.4 Å². The largest absolute Gasteiger partial charge is 0.355 e. The maximum atomic E-state index is 14.2. The van der Waals surface area contributed by atoms with E-state index in [1.54, 1.807) is 12.3 Å². The van der Waals surface area contributed by atoms with Crippen LogP contribution in [0.25, 0.3) is 16.7 Å². The molecule has 0 unspecified atom stereocenters. The highest BCUT2D eigenvalue weighted by atomic mass is 35.5. The first kappa shape index (κ1) is 19.1. The van der Waals surface area contributed by atoms with Gasteiger partial charge >= 0.3 is 5.69 Å². The van der Waals surface area contributed by atoms with Crippen LogP contribution < -0.4 is 15.7 Å². The molecule has 0 aromatic carbocycles. The number of nitrogens with two attached hydrogens (primary N) is 1. The van der Waals surface area contributed by atoms with Gasteiger partial charge in [-0.3, -0.25) is 10.1 Å². The highest BCUT2D eigenvalue weighted by molar-refractivity contribution is 7.97. The number of rotatable bonds is 3. The van der Waals surface area contributed by atoms with E-state index in [1.165, 1.54) is 16.8 Å². The molecular formula is C17H17ClFN7OS. The smallest absolute Gasteiger partial charge is 0.353 e. The van der Waals surface area contributed by atoms with E-state index in [2.05, 4.69) is 19.9 Å². The quantitative estimate of drug-likeness (QED) is 0.504.